The summed E-state index contributed by atoms with van der Waals surface area (Å²) in [5, 5.41) is 0. The van der Waals surface area contributed by atoms with Crippen LogP contribution in [0.3, 0.4) is 0 Å². The number of hydrogen-bond donors (Lipinski definition) is 0. The number of carbonyl (C=O) groups excluding carboxylic acids is 1. The fraction of sp³-hybridized carbons (Fsp3) is 0.500. The van der Waals surface area contributed by atoms with Gasteiger partial charge in [0, 0.05) is 31.3 Å². The van der Waals surface area contributed by atoms with Crippen LogP contribution in [0.4, 0.5) is 4.79 Å². The summed E-state index contributed by atoms with van der Waals surface area (Å²) >= 11 is 0. The van der Waals surface area contributed by atoms with Gasteiger partial charge in [-0.1, -0.05) is 12.1 Å². The number of hydrogen-bond acceptors (Lipinski definition) is 5. The molecular weight excluding hydrogens is 354 g/mol. The molecule has 1 atom stereocenters. The van der Waals surface area contributed by atoms with Crippen molar-refractivity contribution in [1.82, 2.24) is 14.9 Å². The SMILES string of the molecule is COc1ccccc1-c1ccnc(C[C@@H]2CCCN(C(=O)OC(C)(C)C)C2)n1. The van der Waals surface area contributed by atoms with Crippen molar-refractivity contribution >= 4 is 6.09 Å². The van der Waals surface area contributed by atoms with Gasteiger partial charge in [-0.2, -0.15) is 0 Å². The number of ether oxygens (including phenoxy) is 2. The van der Waals surface area contributed by atoms with Gasteiger partial charge in [-0.05, 0) is 57.7 Å². The summed E-state index contributed by atoms with van der Waals surface area (Å²) in [6.45, 7) is 7.10. The number of aromatic nitrogens is 2. The van der Waals surface area contributed by atoms with Crippen molar-refractivity contribution in [2.24, 2.45) is 5.92 Å². The highest BCUT2D eigenvalue weighted by molar-refractivity contribution is 5.68. The van der Waals surface area contributed by atoms with Gasteiger partial charge < -0.3 is 14.4 Å². The number of methoxy groups -OCH3 is 1. The maximum Gasteiger partial charge on any atom is 0.410 e. The van der Waals surface area contributed by atoms with Crippen LogP contribution < -0.4 is 4.74 Å². The lowest BCUT2D eigenvalue weighted by Crippen LogP contribution is -2.43. The second-order valence-electron chi connectivity index (χ2n) is 8.20. The normalized spacial score (nSPS) is 17.3. The van der Waals surface area contributed by atoms with Gasteiger partial charge >= 0.3 is 6.09 Å². The summed E-state index contributed by atoms with van der Waals surface area (Å²) in [4.78, 5) is 23.4. The van der Waals surface area contributed by atoms with Gasteiger partial charge in [0.2, 0.25) is 0 Å². The lowest BCUT2D eigenvalue weighted by molar-refractivity contribution is 0.0165. The van der Waals surface area contributed by atoms with E-state index in [4.69, 9.17) is 14.5 Å². The van der Waals surface area contributed by atoms with Crippen LogP contribution in [-0.2, 0) is 11.2 Å². The Kier molecular flexibility index (Phi) is 6.17. The molecule has 0 saturated carbocycles. The van der Waals surface area contributed by atoms with Crippen LogP contribution in [0.5, 0.6) is 5.75 Å². The van der Waals surface area contributed by atoms with Gasteiger partial charge in [0.1, 0.15) is 17.2 Å². The number of para-hydroxylation sites is 1. The third kappa shape index (κ3) is 5.21. The quantitative estimate of drug-likeness (QED) is 0.786. The number of carbonyl (C=O) groups is 1. The molecule has 6 heteroatoms. The molecule has 2 aromatic rings. The van der Waals surface area contributed by atoms with Crippen LogP contribution >= 0.6 is 0 Å². The Bertz CT molecular complexity index is 817. The van der Waals surface area contributed by atoms with Crippen molar-refractivity contribution in [1.29, 1.82) is 0 Å². The fourth-order valence-corrected chi connectivity index (χ4v) is 3.49. The van der Waals surface area contributed by atoms with Gasteiger partial charge in [-0.25, -0.2) is 14.8 Å². The molecule has 0 unspecified atom stereocenters. The summed E-state index contributed by atoms with van der Waals surface area (Å²) in [6, 6.07) is 9.74. The second kappa shape index (κ2) is 8.59. The average molecular weight is 383 g/mol. The van der Waals surface area contributed by atoms with Crippen LogP contribution in [-0.4, -0.2) is 46.8 Å². The van der Waals surface area contributed by atoms with E-state index in [1.54, 1.807) is 13.3 Å². The smallest absolute Gasteiger partial charge is 0.410 e. The Morgan fingerprint density at radius 2 is 2.04 bits per heavy atom. The molecule has 0 aliphatic carbocycles. The third-order valence-corrected chi connectivity index (χ3v) is 4.73. The molecule has 1 aromatic carbocycles. The molecule has 150 valence electrons. The van der Waals surface area contributed by atoms with Crippen molar-refractivity contribution < 1.29 is 14.3 Å². The average Bonchev–Trinajstić information content (AvgIpc) is 2.67. The van der Waals surface area contributed by atoms with Gasteiger partial charge in [0.05, 0.1) is 12.8 Å². The topological polar surface area (TPSA) is 64.5 Å². The Morgan fingerprint density at radius 3 is 2.79 bits per heavy atom. The molecule has 0 bridgehead atoms. The van der Waals surface area contributed by atoms with E-state index in [1.807, 2.05) is 56.0 Å². The summed E-state index contributed by atoms with van der Waals surface area (Å²) in [6.07, 6.45) is 4.32. The van der Waals surface area contributed by atoms with Crippen molar-refractivity contribution in [3.05, 3.63) is 42.4 Å². The zero-order valence-electron chi connectivity index (χ0n) is 17.1. The lowest BCUT2D eigenvalue weighted by Gasteiger charge is -2.34. The van der Waals surface area contributed by atoms with Crippen LogP contribution in [0.2, 0.25) is 0 Å². The molecule has 6 nitrogen and oxygen atoms in total. The van der Waals surface area contributed by atoms with Crippen LogP contribution in [0.15, 0.2) is 36.5 Å². The van der Waals surface area contributed by atoms with Crippen molar-refractivity contribution in [3.8, 4) is 17.0 Å². The van der Waals surface area contributed by atoms with Gasteiger partial charge in [0.15, 0.2) is 0 Å². The van der Waals surface area contributed by atoms with E-state index >= 15 is 0 Å². The molecule has 2 heterocycles. The number of piperidine rings is 1. The summed E-state index contributed by atoms with van der Waals surface area (Å²) in [5.41, 5.74) is 1.32. The molecule has 0 spiro atoms. The van der Waals surface area contributed by atoms with E-state index in [9.17, 15) is 4.79 Å². The van der Waals surface area contributed by atoms with E-state index in [1.165, 1.54) is 0 Å². The van der Waals surface area contributed by atoms with E-state index in [0.717, 1.165) is 48.6 Å². The maximum absolute atomic E-state index is 12.4. The van der Waals surface area contributed by atoms with Crippen molar-refractivity contribution in [3.63, 3.8) is 0 Å². The van der Waals surface area contributed by atoms with E-state index < -0.39 is 5.60 Å². The molecule has 1 aromatic heterocycles. The van der Waals surface area contributed by atoms with Crippen molar-refractivity contribution in [2.45, 2.75) is 45.6 Å². The molecule has 0 N–H and O–H groups in total. The minimum atomic E-state index is -0.476. The second-order valence-corrected chi connectivity index (χ2v) is 8.20. The van der Waals surface area contributed by atoms with Gasteiger partial charge in [0.25, 0.3) is 0 Å². The number of benzene rings is 1. The lowest BCUT2D eigenvalue weighted by atomic mass is 9.94. The third-order valence-electron chi connectivity index (χ3n) is 4.73. The first-order valence-corrected chi connectivity index (χ1v) is 9.79. The molecule has 28 heavy (non-hydrogen) atoms. The Labute approximate surface area is 166 Å². The minimum absolute atomic E-state index is 0.235. The summed E-state index contributed by atoms with van der Waals surface area (Å²) in [5.74, 6) is 1.91. The predicted octanol–water partition coefficient (Wildman–Crippen LogP) is 4.34. The molecule has 1 saturated heterocycles. The standard InChI is InChI=1S/C22H29N3O3/c1-22(2,3)28-21(26)25-13-7-8-16(15-25)14-20-23-12-11-18(24-20)17-9-5-6-10-19(17)27-4/h5-6,9-12,16H,7-8,13-15H2,1-4H3/t16-/m0/s1. The monoisotopic (exact) mass is 383 g/mol. The van der Waals surface area contributed by atoms with E-state index in [-0.39, 0.29) is 6.09 Å². The van der Waals surface area contributed by atoms with Crippen LogP contribution in [0, 0.1) is 5.92 Å². The molecule has 1 fully saturated rings. The molecule has 1 amide bonds. The number of likely N-dealkylation sites (tertiary alicyclic amines) is 1. The molecule has 1 aliphatic rings. The Morgan fingerprint density at radius 1 is 1.25 bits per heavy atom. The summed E-state index contributed by atoms with van der Waals surface area (Å²) in [7, 11) is 1.66. The maximum atomic E-state index is 12.4. The summed E-state index contributed by atoms with van der Waals surface area (Å²) < 4.78 is 11.0. The van der Waals surface area contributed by atoms with Crippen LogP contribution in [0.1, 0.15) is 39.4 Å². The fourth-order valence-electron chi connectivity index (χ4n) is 3.49. The first kappa shape index (κ1) is 20.1. The molecule has 1 aliphatic heterocycles. The molecular formula is C22H29N3O3. The Balaban J connectivity index is 1.69. The number of amides is 1. The van der Waals surface area contributed by atoms with Gasteiger partial charge in [-0.15, -0.1) is 0 Å². The first-order valence-electron chi connectivity index (χ1n) is 9.79. The number of rotatable bonds is 4. The minimum Gasteiger partial charge on any atom is -0.496 e. The molecule has 3 rings (SSSR count). The zero-order valence-corrected chi connectivity index (χ0v) is 17.1. The first-order chi connectivity index (χ1) is 13.4. The van der Waals surface area contributed by atoms with Crippen LogP contribution in [0.25, 0.3) is 11.3 Å². The number of nitrogens with zero attached hydrogens (tertiary/aromatic N) is 3. The highest BCUT2D eigenvalue weighted by Crippen LogP contribution is 2.28. The van der Waals surface area contributed by atoms with E-state index in [2.05, 4.69) is 4.98 Å². The highest BCUT2D eigenvalue weighted by Gasteiger charge is 2.28. The largest absolute Gasteiger partial charge is 0.496 e. The zero-order chi connectivity index (χ0) is 20.1. The molecule has 0 radical (unpaired) electrons. The van der Waals surface area contributed by atoms with Gasteiger partial charge in [-0.3, -0.25) is 0 Å². The predicted molar refractivity (Wildman–Crippen MR) is 108 cm³/mol. The Hall–Kier alpha value is -2.63. The van der Waals surface area contributed by atoms with Crippen molar-refractivity contribution in [2.75, 3.05) is 20.2 Å². The highest BCUT2D eigenvalue weighted by atomic mass is 16.6. The van der Waals surface area contributed by atoms with E-state index in [0.29, 0.717) is 12.5 Å².